The van der Waals surface area contributed by atoms with Crippen LogP contribution in [0.3, 0.4) is 0 Å². The Morgan fingerprint density at radius 3 is 2.96 bits per heavy atom. The molecular formula is C20H20N4O3. The van der Waals surface area contributed by atoms with Gasteiger partial charge < -0.3 is 14.8 Å². The first kappa shape index (κ1) is 17.2. The maximum absolute atomic E-state index is 12.6. The maximum Gasteiger partial charge on any atom is 0.255 e. The topological polar surface area (TPSA) is 91.3 Å². The van der Waals surface area contributed by atoms with Gasteiger partial charge in [-0.15, -0.1) is 0 Å². The molecule has 0 saturated carbocycles. The van der Waals surface area contributed by atoms with Crippen molar-refractivity contribution in [3.63, 3.8) is 0 Å². The van der Waals surface area contributed by atoms with Gasteiger partial charge in [0.25, 0.3) is 5.56 Å². The van der Waals surface area contributed by atoms with Gasteiger partial charge in [-0.2, -0.15) is 0 Å². The number of hydrogen-bond donors (Lipinski definition) is 2. The lowest BCUT2D eigenvalue weighted by Gasteiger charge is -2.27. The highest BCUT2D eigenvalue weighted by atomic mass is 16.5. The van der Waals surface area contributed by atoms with Crippen LogP contribution < -0.4 is 10.3 Å². The van der Waals surface area contributed by atoms with Crippen LogP contribution in [0.15, 0.2) is 47.5 Å². The number of phenols is 1. The minimum atomic E-state index is -0.110. The minimum absolute atomic E-state index is 0.110. The molecule has 0 spiro atoms. The molecule has 0 saturated heterocycles. The van der Waals surface area contributed by atoms with Gasteiger partial charge in [-0.05, 0) is 29.8 Å². The first-order valence-electron chi connectivity index (χ1n) is 8.75. The summed E-state index contributed by atoms with van der Waals surface area (Å²) in [6, 6.07) is 9.06. The molecule has 4 rings (SSSR count). The molecule has 2 N–H and O–H groups in total. The number of aromatic hydroxyl groups is 1. The molecule has 2 aromatic heterocycles. The second-order valence-electron chi connectivity index (χ2n) is 6.55. The van der Waals surface area contributed by atoms with Crippen LogP contribution in [0, 0.1) is 0 Å². The van der Waals surface area contributed by atoms with Gasteiger partial charge in [0.05, 0.1) is 18.4 Å². The Hall–Kier alpha value is -3.19. The Balaban J connectivity index is 1.55. The minimum Gasteiger partial charge on any atom is -0.504 e. The predicted molar refractivity (Wildman–Crippen MR) is 101 cm³/mol. The van der Waals surface area contributed by atoms with Gasteiger partial charge in [-0.25, -0.2) is 4.98 Å². The van der Waals surface area contributed by atoms with Crippen LogP contribution in [0.4, 0.5) is 0 Å². The molecule has 0 amide bonds. The smallest absolute Gasteiger partial charge is 0.255 e. The van der Waals surface area contributed by atoms with Crippen LogP contribution in [0.2, 0.25) is 0 Å². The molecule has 3 aromatic rings. The van der Waals surface area contributed by atoms with Crippen molar-refractivity contribution in [2.75, 3.05) is 13.7 Å². The standard InChI is InChI=1S/C20H20N4O3/c1-27-18-5-4-13(9-17(18)25)11-24-8-6-16-15(12-24)20(26)23-19(22-16)14-3-2-7-21-10-14/h2-5,7,9-10,25H,6,8,11-12H2,1H3,(H,22,23,26). The number of ether oxygens (including phenoxy) is 1. The van der Waals surface area contributed by atoms with E-state index in [1.807, 2.05) is 18.2 Å². The van der Waals surface area contributed by atoms with Crippen molar-refractivity contribution < 1.29 is 9.84 Å². The van der Waals surface area contributed by atoms with Crippen molar-refractivity contribution in [1.29, 1.82) is 0 Å². The number of hydrogen-bond acceptors (Lipinski definition) is 6. The quantitative estimate of drug-likeness (QED) is 0.737. The van der Waals surface area contributed by atoms with E-state index in [-0.39, 0.29) is 11.3 Å². The molecule has 0 atom stereocenters. The lowest BCUT2D eigenvalue weighted by atomic mass is 10.1. The van der Waals surface area contributed by atoms with E-state index in [1.54, 1.807) is 24.5 Å². The Kier molecular flexibility index (Phi) is 4.60. The largest absolute Gasteiger partial charge is 0.504 e. The van der Waals surface area contributed by atoms with Crippen LogP contribution in [0.1, 0.15) is 16.8 Å². The van der Waals surface area contributed by atoms with E-state index in [0.717, 1.165) is 23.4 Å². The van der Waals surface area contributed by atoms with Crippen LogP contribution in [-0.2, 0) is 19.5 Å². The third-order valence-corrected chi connectivity index (χ3v) is 4.73. The van der Waals surface area contributed by atoms with Gasteiger partial charge in [0.15, 0.2) is 11.5 Å². The number of methoxy groups -OCH3 is 1. The van der Waals surface area contributed by atoms with Crippen molar-refractivity contribution in [1.82, 2.24) is 19.9 Å². The number of nitrogens with one attached hydrogen (secondary N) is 1. The highest BCUT2D eigenvalue weighted by Crippen LogP contribution is 2.27. The summed E-state index contributed by atoms with van der Waals surface area (Å²) >= 11 is 0. The number of pyridine rings is 1. The van der Waals surface area contributed by atoms with Gasteiger partial charge in [0, 0.05) is 44.0 Å². The lowest BCUT2D eigenvalue weighted by molar-refractivity contribution is 0.241. The van der Waals surface area contributed by atoms with Crippen molar-refractivity contribution in [3.8, 4) is 22.9 Å². The van der Waals surface area contributed by atoms with Crippen LogP contribution >= 0.6 is 0 Å². The lowest BCUT2D eigenvalue weighted by Crippen LogP contribution is -2.35. The zero-order valence-electron chi connectivity index (χ0n) is 15.0. The first-order valence-corrected chi connectivity index (χ1v) is 8.75. The van der Waals surface area contributed by atoms with Crippen LogP contribution in [-0.4, -0.2) is 38.6 Å². The van der Waals surface area contributed by atoms with Crippen LogP contribution in [0.25, 0.3) is 11.4 Å². The molecule has 0 radical (unpaired) electrons. The second kappa shape index (κ2) is 7.20. The predicted octanol–water partition coefficient (Wildman–Crippen LogP) is 2.10. The Morgan fingerprint density at radius 2 is 2.22 bits per heavy atom. The van der Waals surface area contributed by atoms with E-state index in [0.29, 0.717) is 36.6 Å². The fraction of sp³-hybridized carbons (Fsp3) is 0.250. The third-order valence-electron chi connectivity index (χ3n) is 4.73. The van der Waals surface area contributed by atoms with Gasteiger partial charge in [-0.1, -0.05) is 6.07 Å². The highest BCUT2D eigenvalue weighted by Gasteiger charge is 2.22. The molecule has 0 aliphatic carbocycles. The molecule has 0 fully saturated rings. The number of H-pyrrole nitrogens is 1. The Bertz CT molecular complexity index is 1020. The zero-order chi connectivity index (χ0) is 18.8. The van der Waals surface area contributed by atoms with E-state index in [9.17, 15) is 9.90 Å². The van der Waals surface area contributed by atoms with E-state index < -0.39 is 0 Å². The van der Waals surface area contributed by atoms with E-state index in [4.69, 9.17) is 4.74 Å². The summed E-state index contributed by atoms with van der Waals surface area (Å²) in [5.74, 6) is 1.12. The zero-order valence-corrected chi connectivity index (χ0v) is 15.0. The molecule has 1 aliphatic rings. The average Bonchev–Trinajstić information content (AvgIpc) is 2.69. The number of fused-ring (bicyclic) bond motifs is 1. The van der Waals surface area contributed by atoms with Crippen molar-refractivity contribution in [2.45, 2.75) is 19.5 Å². The summed E-state index contributed by atoms with van der Waals surface area (Å²) in [6.07, 6.45) is 4.08. The monoisotopic (exact) mass is 364 g/mol. The summed E-state index contributed by atoms with van der Waals surface area (Å²) in [7, 11) is 1.52. The number of aromatic amines is 1. The normalized spacial score (nSPS) is 14.0. The molecule has 0 bridgehead atoms. The molecule has 1 aromatic carbocycles. The van der Waals surface area contributed by atoms with Gasteiger partial charge in [0.2, 0.25) is 0 Å². The SMILES string of the molecule is COc1ccc(CN2CCc3nc(-c4cccnc4)[nH]c(=O)c3C2)cc1O. The maximum atomic E-state index is 12.6. The number of aromatic nitrogens is 3. The Labute approximate surface area is 156 Å². The molecule has 0 unspecified atom stereocenters. The van der Waals surface area contributed by atoms with Crippen molar-refractivity contribution in [2.24, 2.45) is 0 Å². The number of phenolic OH excluding ortho intramolecular Hbond substituents is 1. The molecule has 7 heteroatoms. The molecule has 138 valence electrons. The van der Waals surface area contributed by atoms with Gasteiger partial charge in [-0.3, -0.25) is 14.7 Å². The third kappa shape index (κ3) is 3.54. The highest BCUT2D eigenvalue weighted by molar-refractivity contribution is 5.53. The van der Waals surface area contributed by atoms with Crippen molar-refractivity contribution in [3.05, 3.63) is 69.9 Å². The molecule has 7 nitrogen and oxygen atoms in total. The van der Waals surface area contributed by atoms with Crippen LogP contribution in [0.5, 0.6) is 11.5 Å². The number of rotatable bonds is 4. The van der Waals surface area contributed by atoms with E-state index in [1.165, 1.54) is 7.11 Å². The molecule has 27 heavy (non-hydrogen) atoms. The van der Waals surface area contributed by atoms with Gasteiger partial charge in [0.1, 0.15) is 5.82 Å². The summed E-state index contributed by atoms with van der Waals surface area (Å²) in [5, 5.41) is 9.95. The van der Waals surface area contributed by atoms with Gasteiger partial charge >= 0.3 is 0 Å². The summed E-state index contributed by atoms with van der Waals surface area (Å²) in [5.41, 5.74) is 3.20. The molecule has 1 aliphatic heterocycles. The summed E-state index contributed by atoms with van der Waals surface area (Å²) < 4.78 is 5.08. The molecular weight excluding hydrogens is 344 g/mol. The van der Waals surface area contributed by atoms with E-state index in [2.05, 4.69) is 19.9 Å². The summed E-state index contributed by atoms with van der Waals surface area (Å²) in [6.45, 7) is 1.96. The Morgan fingerprint density at radius 1 is 1.33 bits per heavy atom. The second-order valence-corrected chi connectivity index (χ2v) is 6.55. The summed E-state index contributed by atoms with van der Waals surface area (Å²) in [4.78, 5) is 26.4. The average molecular weight is 364 g/mol. The number of nitrogens with zero attached hydrogens (tertiary/aromatic N) is 3. The fourth-order valence-electron chi connectivity index (χ4n) is 3.35. The first-order chi connectivity index (χ1) is 13.1. The van der Waals surface area contributed by atoms with Crippen molar-refractivity contribution >= 4 is 0 Å². The van der Waals surface area contributed by atoms with E-state index >= 15 is 0 Å². The fourth-order valence-corrected chi connectivity index (χ4v) is 3.35. The molecule has 3 heterocycles. The number of benzene rings is 1.